The molecule has 0 unspecified atom stereocenters. The quantitative estimate of drug-likeness (QED) is 0.571. The van der Waals surface area contributed by atoms with Gasteiger partial charge in [0.1, 0.15) is 0 Å². The van der Waals surface area contributed by atoms with E-state index in [9.17, 15) is 0 Å². The summed E-state index contributed by atoms with van der Waals surface area (Å²) in [5.41, 5.74) is 0. The fourth-order valence-corrected chi connectivity index (χ4v) is 0.518. The van der Waals surface area contributed by atoms with E-state index in [1.54, 1.807) is 0 Å². The second-order valence-electron chi connectivity index (χ2n) is 1.32. The third-order valence-corrected chi connectivity index (χ3v) is 0.916. The molecule has 0 aliphatic rings. The highest BCUT2D eigenvalue weighted by Crippen LogP contribution is 2.02. The van der Waals surface area contributed by atoms with Gasteiger partial charge in [0.15, 0.2) is 0 Å². The van der Waals surface area contributed by atoms with Crippen LogP contribution in [0.2, 0.25) is 0 Å². The van der Waals surface area contributed by atoms with Crippen molar-refractivity contribution in [3.8, 4) is 0 Å². The topological polar surface area (TPSA) is 38.9 Å². The lowest BCUT2D eigenvalue weighted by Gasteiger charge is -1.76. The second kappa shape index (κ2) is 2.09. The van der Waals surface area contributed by atoms with Crippen molar-refractivity contribution in [2.45, 2.75) is 18.6 Å². The number of hydrogen-bond acceptors (Lipinski definition) is 3. The molecule has 1 heterocycles. The van der Waals surface area contributed by atoms with Crippen molar-refractivity contribution in [2.75, 3.05) is 0 Å². The zero-order valence-electron chi connectivity index (χ0n) is 4.42. The van der Waals surface area contributed by atoms with E-state index >= 15 is 0 Å². The van der Waals surface area contributed by atoms with E-state index in [1.807, 2.05) is 6.92 Å². The minimum absolute atomic E-state index is 0.224. The van der Waals surface area contributed by atoms with Gasteiger partial charge in [0.2, 0.25) is 5.89 Å². The van der Waals surface area contributed by atoms with Gasteiger partial charge in [-0.1, -0.05) is 12.0 Å². The Bertz CT molecular complexity index is 174. The van der Waals surface area contributed by atoms with Crippen LogP contribution in [-0.4, -0.2) is 10.2 Å². The van der Waals surface area contributed by atoms with Gasteiger partial charge in [0, 0.05) is 6.42 Å². The van der Waals surface area contributed by atoms with Crippen LogP contribution in [0.15, 0.2) is 9.64 Å². The van der Waals surface area contributed by atoms with Crippen molar-refractivity contribution < 1.29 is 4.42 Å². The summed E-state index contributed by atoms with van der Waals surface area (Å²) in [5, 5.41) is 7.32. The molecule has 0 aromatic carbocycles. The smallest absolute Gasteiger partial charge is 0.309 e. The number of aromatic nitrogens is 2. The van der Waals surface area contributed by atoms with E-state index in [4.69, 9.17) is 4.42 Å². The number of nitrogens with zero attached hydrogens (tertiary/aromatic N) is 2. The average Bonchev–Trinajstić information content (AvgIpc) is 2.14. The van der Waals surface area contributed by atoms with Crippen LogP contribution in [0.3, 0.4) is 0 Å². The Morgan fingerprint density at radius 1 is 1.62 bits per heavy atom. The van der Waals surface area contributed by atoms with E-state index in [0.29, 0.717) is 5.89 Å². The first-order valence-corrected chi connectivity index (χ1v) is 2.73. The standard InChI is InChI=1S/C4H5N2OS/c1-2-3-5-6-4(8)7-3/h2H2,1H3. The Kier molecular flexibility index (Phi) is 1.43. The summed E-state index contributed by atoms with van der Waals surface area (Å²) in [7, 11) is 0. The fourth-order valence-electron chi connectivity index (χ4n) is 0.381. The van der Waals surface area contributed by atoms with Crippen LogP contribution in [0.25, 0.3) is 0 Å². The molecule has 0 spiro atoms. The molecule has 1 aromatic rings. The van der Waals surface area contributed by atoms with Crippen molar-refractivity contribution in [3.63, 3.8) is 0 Å². The van der Waals surface area contributed by atoms with Gasteiger partial charge in [0.05, 0.1) is 0 Å². The molecular formula is C4H5N2OS. The lowest BCUT2D eigenvalue weighted by Crippen LogP contribution is -1.75. The molecule has 0 amide bonds. The predicted molar refractivity (Wildman–Crippen MR) is 29.5 cm³/mol. The third kappa shape index (κ3) is 0.949. The van der Waals surface area contributed by atoms with Crippen LogP contribution < -0.4 is 0 Å². The van der Waals surface area contributed by atoms with Crippen LogP contribution in [0.5, 0.6) is 0 Å². The van der Waals surface area contributed by atoms with Crippen LogP contribution in [0.4, 0.5) is 0 Å². The highest BCUT2D eigenvalue weighted by Gasteiger charge is 1.97. The van der Waals surface area contributed by atoms with Crippen molar-refractivity contribution in [1.82, 2.24) is 10.2 Å². The number of aryl methyl sites for hydroxylation is 1. The van der Waals surface area contributed by atoms with E-state index < -0.39 is 0 Å². The fraction of sp³-hybridized carbons (Fsp3) is 0.500. The van der Waals surface area contributed by atoms with Gasteiger partial charge in [0.25, 0.3) is 0 Å². The van der Waals surface area contributed by atoms with Crippen molar-refractivity contribution >= 4 is 12.6 Å². The molecule has 1 radical (unpaired) electrons. The molecule has 1 aromatic heterocycles. The van der Waals surface area contributed by atoms with Gasteiger partial charge >= 0.3 is 5.22 Å². The van der Waals surface area contributed by atoms with Crippen molar-refractivity contribution in [2.24, 2.45) is 0 Å². The average molecular weight is 129 g/mol. The lowest BCUT2D eigenvalue weighted by molar-refractivity contribution is 0.419. The van der Waals surface area contributed by atoms with Crippen LogP contribution >= 0.6 is 12.6 Å². The molecule has 3 nitrogen and oxygen atoms in total. The molecule has 0 N–H and O–H groups in total. The van der Waals surface area contributed by atoms with Crippen LogP contribution in [0, 0.1) is 0 Å². The Balaban J connectivity index is 2.84. The lowest BCUT2D eigenvalue weighted by atomic mass is 10.5. The molecule has 0 saturated carbocycles. The van der Waals surface area contributed by atoms with E-state index in [0.717, 1.165) is 6.42 Å². The Hall–Kier alpha value is -0.640. The molecule has 43 valence electrons. The highest BCUT2D eigenvalue weighted by molar-refractivity contribution is 7.80. The molecule has 0 saturated heterocycles. The number of rotatable bonds is 1. The molecule has 8 heavy (non-hydrogen) atoms. The van der Waals surface area contributed by atoms with E-state index in [2.05, 4.69) is 22.8 Å². The molecule has 0 aliphatic carbocycles. The summed E-state index contributed by atoms with van der Waals surface area (Å²) in [5.74, 6) is 0.606. The van der Waals surface area contributed by atoms with Gasteiger partial charge in [-0.3, -0.25) is 0 Å². The molecule has 0 aliphatic heterocycles. The number of hydrogen-bond donors (Lipinski definition) is 0. The molecule has 1 rings (SSSR count). The maximum Gasteiger partial charge on any atom is 0.309 e. The van der Waals surface area contributed by atoms with E-state index in [1.165, 1.54) is 0 Å². The van der Waals surface area contributed by atoms with Gasteiger partial charge in [-0.2, -0.15) is 0 Å². The third-order valence-electron chi connectivity index (χ3n) is 0.751. The van der Waals surface area contributed by atoms with Gasteiger partial charge < -0.3 is 4.42 Å². The summed E-state index contributed by atoms with van der Waals surface area (Å²) < 4.78 is 4.83. The molecule has 0 atom stereocenters. The Labute approximate surface area is 52.5 Å². The van der Waals surface area contributed by atoms with Crippen LogP contribution in [0.1, 0.15) is 12.8 Å². The zero-order chi connectivity index (χ0) is 5.98. The minimum Gasteiger partial charge on any atom is -0.413 e. The summed E-state index contributed by atoms with van der Waals surface area (Å²) in [6.07, 6.45) is 0.754. The molecular weight excluding hydrogens is 124 g/mol. The van der Waals surface area contributed by atoms with Gasteiger partial charge in [-0.25, -0.2) is 0 Å². The van der Waals surface area contributed by atoms with E-state index in [-0.39, 0.29) is 5.22 Å². The zero-order valence-corrected chi connectivity index (χ0v) is 5.23. The van der Waals surface area contributed by atoms with Crippen molar-refractivity contribution in [3.05, 3.63) is 5.89 Å². The maximum absolute atomic E-state index is 4.83. The first-order valence-electron chi connectivity index (χ1n) is 2.32. The largest absolute Gasteiger partial charge is 0.413 e. The Morgan fingerprint density at radius 2 is 2.38 bits per heavy atom. The predicted octanol–water partition coefficient (Wildman–Crippen LogP) is 1.19. The second-order valence-corrected chi connectivity index (χ2v) is 1.66. The first kappa shape index (κ1) is 5.50. The van der Waals surface area contributed by atoms with Gasteiger partial charge in [-0.15, -0.1) is 5.10 Å². The van der Waals surface area contributed by atoms with Crippen molar-refractivity contribution in [1.29, 1.82) is 0 Å². The summed E-state index contributed by atoms with van der Waals surface area (Å²) in [4.78, 5) is 0. The monoisotopic (exact) mass is 129 g/mol. The van der Waals surface area contributed by atoms with Gasteiger partial charge in [-0.05, 0) is 12.6 Å². The first-order chi connectivity index (χ1) is 3.83. The summed E-state index contributed by atoms with van der Waals surface area (Å²) >= 11 is 4.56. The SMILES string of the molecule is CCc1nnc([S])o1. The highest BCUT2D eigenvalue weighted by atomic mass is 32.1. The van der Waals surface area contributed by atoms with Crippen LogP contribution in [-0.2, 0) is 6.42 Å². The minimum atomic E-state index is 0.224. The Morgan fingerprint density at radius 3 is 2.62 bits per heavy atom. The summed E-state index contributed by atoms with van der Waals surface area (Å²) in [6.45, 7) is 1.93. The maximum atomic E-state index is 4.83. The normalized spacial score (nSPS) is 9.62. The summed E-state index contributed by atoms with van der Waals surface area (Å²) in [6, 6.07) is 0. The molecule has 4 heteroatoms. The molecule has 0 fully saturated rings. The molecule has 0 bridgehead atoms.